The van der Waals surface area contributed by atoms with E-state index in [2.05, 4.69) is 34.2 Å². The van der Waals surface area contributed by atoms with E-state index in [1.165, 1.54) is 43.9 Å². The van der Waals surface area contributed by atoms with E-state index in [1.807, 2.05) is 6.92 Å². The second kappa shape index (κ2) is 8.94. The molecule has 1 saturated carbocycles. The van der Waals surface area contributed by atoms with Gasteiger partial charge < -0.3 is 15.9 Å². The van der Waals surface area contributed by atoms with Crippen LogP contribution in [0.2, 0.25) is 0 Å². The number of amides is 1. The van der Waals surface area contributed by atoms with Crippen LogP contribution in [0.3, 0.4) is 0 Å². The Kier molecular flexibility index (Phi) is 6.66. The second-order valence-corrected chi connectivity index (χ2v) is 6.29. The van der Waals surface area contributed by atoms with Gasteiger partial charge in [-0.15, -0.1) is 0 Å². The van der Waals surface area contributed by atoms with Crippen molar-refractivity contribution in [1.29, 1.82) is 0 Å². The number of hydrogen-bond donors (Lipinski definition) is 3. The van der Waals surface area contributed by atoms with Gasteiger partial charge in [0.05, 0.1) is 17.6 Å². The van der Waals surface area contributed by atoms with E-state index < -0.39 is 12.1 Å². The van der Waals surface area contributed by atoms with Gasteiger partial charge in [0.1, 0.15) is 5.69 Å². The van der Waals surface area contributed by atoms with Crippen LogP contribution in [0.4, 0.5) is 4.79 Å². The molecule has 26 heavy (non-hydrogen) atoms. The lowest BCUT2D eigenvalue weighted by molar-refractivity contribution is 0.0995. The average molecular weight is 357 g/mol. The second-order valence-electron chi connectivity index (χ2n) is 6.29. The predicted octanol–water partition coefficient (Wildman–Crippen LogP) is 3.82. The number of carbonyl (C=O) groups excluding carboxylic acids is 1. The third kappa shape index (κ3) is 5.27. The minimum absolute atomic E-state index is 0.206. The highest BCUT2D eigenvalue weighted by Gasteiger charge is 2.16. The van der Waals surface area contributed by atoms with Crippen LogP contribution in [0.1, 0.15) is 59.8 Å². The molecule has 3 rings (SSSR count). The summed E-state index contributed by atoms with van der Waals surface area (Å²) in [5.74, 6) is 0.138. The monoisotopic (exact) mass is 357 g/mol. The van der Waals surface area contributed by atoms with Gasteiger partial charge in [0, 0.05) is 5.56 Å². The van der Waals surface area contributed by atoms with Gasteiger partial charge in [0.25, 0.3) is 5.91 Å². The number of aryl methyl sites for hydroxylation is 1. The normalized spacial score (nSPS) is 14.2. The zero-order chi connectivity index (χ0) is 19.1. The summed E-state index contributed by atoms with van der Waals surface area (Å²) in [5, 5.41) is 13.9. The van der Waals surface area contributed by atoms with Gasteiger partial charge in [-0.05, 0) is 31.2 Å². The molecule has 1 heterocycles. The SMILES string of the molecule is Cc1ncc(C(N)=O)nc1-c1ccc(C2CCCCC2)cc1.O=C(O)O. The quantitative estimate of drug-likeness (QED) is 0.766. The van der Waals surface area contributed by atoms with Gasteiger partial charge in [0.15, 0.2) is 0 Å². The molecule has 0 unspecified atom stereocenters. The Balaban J connectivity index is 0.000000552. The van der Waals surface area contributed by atoms with Crippen LogP contribution >= 0.6 is 0 Å². The van der Waals surface area contributed by atoms with Gasteiger partial charge in [-0.2, -0.15) is 0 Å². The summed E-state index contributed by atoms with van der Waals surface area (Å²) in [7, 11) is 0. The van der Waals surface area contributed by atoms with Gasteiger partial charge in [-0.25, -0.2) is 9.78 Å². The maximum atomic E-state index is 11.3. The molecule has 0 bridgehead atoms. The number of rotatable bonds is 3. The minimum Gasteiger partial charge on any atom is -0.450 e. The summed E-state index contributed by atoms with van der Waals surface area (Å²) >= 11 is 0. The number of benzene rings is 1. The van der Waals surface area contributed by atoms with E-state index in [1.54, 1.807) is 0 Å². The summed E-state index contributed by atoms with van der Waals surface area (Å²) in [6.07, 6.45) is 6.20. The molecule has 0 saturated heterocycles. The smallest absolute Gasteiger partial charge is 0.450 e. The van der Waals surface area contributed by atoms with Crippen molar-refractivity contribution in [2.75, 3.05) is 0 Å². The molecule has 7 nitrogen and oxygen atoms in total. The van der Waals surface area contributed by atoms with Crippen LogP contribution in [0, 0.1) is 6.92 Å². The number of carbonyl (C=O) groups is 2. The molecular weight excluding hydrogens is 334 g/mol. The molecule has 7 heteroatoms. The van der Waals surface area contributed by atoms with Crippen LogP contribution in [0.25, 0.3) is 11.3 Å². The molecular formula is C19H23N3O4. The number of nitrogens with two attached hydrogens (primary N) is 1. The van der Waals surface area contributed by atoms with Gasteiger partial charge in [-0.1, -0.05) is 43.5 Å². The van der Waals surface area contributed by atoms with E-state index in [9.17, 15) is 4.79 Å². The summed E-state index contributed by atoms with van der Waals surface area (Å²) in [6.45, 7) is 1.89. The van der Waals surface area contributed by atoms with Crippen LogP contribution < -0.4 is 5.73 Å². The zero-order valence-electron chi connectivity index (χ0n) is 14.7. The summed E-state index contributed by atoms with van der Waals surface area (Å²) in [4.78, 5) is 28.4. The molecule has 138 valence electrons. The zero-order valence-corrected chi connectivity index (χ0v) is 14.7. The molecule has 1 aliphatic carbocycles. The van der Waals surface area contributed by atoms with E-state index in [-0.39, 0.29) is 5.69 Å². The number of aromatic nitrogens is 2. The van der Waals surface area contributed by atoms with Gasteiger partial charge in [0.2, 0.25) is 0 Å². The number of hydrogen-bond acceptors (Lipinski definition) is 4. The van der Waals surface area contributed by atoms with Crippen molar-refractivity contribution < 1.29 is 19.8 Å². The predicted molar refractivity (Wildman–Crippen MR) is 97.2 cm³/mol. The fourth-order valence-corrected chi connectivity index (χ4v) is 3.19. The Labute approximate surface area is 151 Å². The molecule has 0 spiro atoms. The lowest BCUT2D eigenvalue weighted by Gasteiger charge is -2.22. The Morgan fingerprint density at radius 1 is 1.08 bits per heavy atom. The van der Waals surface area contributed by atoms with Crippen molar-refractivity contribution in [3.05, 3.63) is 47.4 Å². The summed E-state index contributed by atoms with van der Waals surface area (Å²) < 4.78 is 0. The first-order valence-corrected chi connectivity index (χ1v) is 8.54. The Bertz CT molecular complexity index is 765. The van der Waals surface area contributed by atoms with Crippen molar-refractivity contribution in [2.24, 2.45) is 5.73 Å². The molecule has 0 atom stereocenters. The molecule has 1 aromatic carbocycles. The highest BCUT2D eigenvalue weighted by atomic mass is 16.6. The number of carboxylic acid groups (broad SMARTS) is 2. The molecule has 1 aliphatic rings. The standard InChI is InChI=1S/C18H21N3O.CH2O3/c1-12-17(21-16(11-20-12)18(19)22)15-9-7-14(8-10-15)13-5-3-2-4-6-13;2-1(3)4/h7-11,13H,2-6H2,1H3,(H2,19,22);(H2,2,3,4). The first kappa shape index (κ1) is 19.4. The molecule has 4 N–H and O–H groups in total. The lowest BCUT2D eigenvalue weighted by Crippen LogP contribution is -2.14. The molecule has 0 radical (unpaired) electrons. The summed E-state index contributed by atoms with van der Waals surface area (Å²) in [5.41, 5.74) is 9.41. The third-order valence-electron chi connectivity index (χ3n) is 4.47. The van der Waals surface area contributed by atoms with Gasteiger partial charge in [-0.3, -0.25) is 9.78 Å². The fraction of sp³-hybridized carbons (Fsp3) is 0.368. The van der Waals surface area contributed by atoms with Crippen LogP contribution in [-0.2, 0) is 0 Å². The van der Waals surface area contributed by atoms with E-state index in [4.69, 9.17) is 20.7 Å². The van der Waals surface area contributed by atoms with E-state index >= 15 is 0 Å². The largest absolute Gasteiger partial charge is 0.503 e. The van der Waals surface area contributed by atoms with Crippen LogP contribution in [0.5, 0.6) is 0 Å². The van der Waals surface area contributed by atoms with Crippen LogP contribution in [0.15, 0.2) is 30.5 Å². The highest BCUT2D eigenvalue weighted by molar-refractivity contribution is 5.91. The number of primary amides is 1. The van der Waals surface area contributed by atoms with Gasteiger partial charge >= 0.3 is 6.16 Å². The average Bonchev–Trinajstić information content (AvgIpc) is 2.62. The topological polar surface area (TPSA) is 126 Å². The molecule has 1 amide bonds. The molecule has 1 fully saturated rings. The fourth-order valence-electron chi connectivity index (χ4n) is 3.19. The molecule has 1 aromatic heterocycles. The Morgan fingerprint density at radius 3 is 2.19 bits per heavy atom. The maximum Gasteiger partial charge on any atom is 0.503 e. The molecule has 0 aliphatic heterocycles. The van der Waals surface area contributed by atoms with E-state index in [0.717, 1.165) is 17.0 Å². The van der Waals surface area contributed by atoms with E-state index in [0.29, 0.717) is 5.92 Å². The molecule has 2 aromatic rings. The van der Waals surface area contributed by atoms with Crippen molar-refractivity contribution in [1.82, 2.24) is 9.97 Å². The van der Waals surface area contributed by atoms with Crippen molar-refractivity contribution in [3.63, 3.8) is 0 Å². The minimum atomic E-state index is -1.83. The van der Waals surface area contributed by atoms with Crippen LogP contribution in [-0.4, -0.2) is 32.2 Å². The number of nitrogens with zero attached hydrogens (tertiary/aromatic N) is 2. The first-order valence-electron chi connectivity index (χ1n) is 8.54. The third-order valence-corrected chi connectivity index (χ3v) is 4.47. The first-order chi connectivity index (χ1) is 12.4. The summed E-state index contributed by atoms with van der Waals surface area (Å²) in [6, 6.07) is 8.52. The Hall–Kier alpha value is -2.96. The maximum absolute atomic E-state index is 11.3. The Morgan fingerprint density at radius 2 is 1.65 bits per heavy atom. The highest BCUT2D eigenvalue weighted by Crippen LogP contribution is 2.33. The van der Waals surface area contributed by atoms with Crippen molar-refractivity contribution in [3.8, 4) is 11.3 Å². The van der Waals surface area contributed by atoms with Crippen molar-refractivity contribution in [2.45, 2.75) is 44.9 Å². The van der Waals surface area contributed by atoms with Crippen molar-refractivity contribution >= 4 is 12.1 Å². The lowest BCUT2D eigenvalue weighted by atomic mass is 9.84.